The van der Waals surface area contributed by atoms with Crippen molar-refractivity contribution >= 4 is 23.2 Å². The first-order chi connectivity index (χ1) is 12.1. The van der Waals surface area contributed by atoms with Crippen molar-refractivity contribution in [2.24, 2.45) is 0 Å². The molecule has 2 aromatic heterocycles. The molecule has 128 valence electrons. The van der Waals surface area contributed by atoms with Crippen LogP contribution in [0.5, 0.6) is 0 Å². The Hall–Kier alpha value is -2.60. The first-order valence-electron chi connectivity index (χ1n) is 8.16. The molecule has 0 atom stereocenters. The van der Waals surface area contributed by atoms with Crippen LogP contribution in [0.4, 0.5) is 5.69 Å². The van der Waals surface area contributed by atoms with Gasteiger partial charge in [0.25, 0.3) is 5.91 Å². The maximum atomic E-state index is 12.6. The second kappa shape index (κ2) is 6.37. The fourth-order valence-corrected chi connectivity index (χ4v) is 2.84. The number of halogens is 1. The fourth-order valence-electron chi connectivity index (χ4n) is 2.67. The number of nitrogens with one attached hydrogen (secondary N) is 1. The average Bonchev–Trinajstić information content (AvgIpc) is 3.16. The summed E-state index contributed by atoms with van der Waals surface area (Å²) in [5.74, 6) is 1.48. The van der Waals surface area contributed by atoms with Gasteiger partial charge in [0.15, 0.2) is 5.82 Å². The number of nitrogens with zero attached hydrogens (tertiary/aromatic N) is 3. The quantitative estimate of drug-likeness (QED) is 0.749. The maximum Gasteiger partial charge on any atom is 0.272 e. The molecule has 6 nitrogen and oxygen atoms in total. The van der Waals surface area contributed by atoms with Crippen molar-refractivity contribution in [3.63, 3.8) is 0 Å². The molecule has 0 unspecified atom stereocenters. The van der Waals surface area contributed by atoms with Crippen molar-refractivity contribution in [1.29, 1.82) is 0 Å². The molecule has 0 radical (unpaired) electrons. The molecule has 1 saturated carbocycles. The lowest BCUT2D eigenvalue weighted by atomic mass is 10.2. The number of aromatic nitrogens is 3. The zero-order valence-electron chi connectivity index (χ0n) is 13.7. The summed E-state index contributed by atoms with van der Waals surface area (Å²) >= 11 is 6.11. The highest BCUT2D eigenvalue weighted by Crippen LogP contribution is 2.38. The number of anilines is 1. The Morgan fingerprint density at radius 3 is 3.00 bits per heavy atom. The van der Waals surface area contributed by atoms with Crippen LogP contribution in [0.25, 0.3) is 0 Å². The predicted molar refractivity (Wildman–Crippen MR) is 93.9 cm³/mol. The minimum Gasteiger partial charge on any atom is -0.339 e. The zero-order chi connectivity index (χ0) is 17.4. The monoisotopic (exact) mass is 356 g/mol. The molecule has 25 heavy (non-hydrogen) atoms. The standard InChI is InChI=1S/C18H17ClN4O2/c1-11-13(19)4-2-5-14(11)20-17(24)15-6-3-9-23(15)10-16-21-18(25-22-16)12-7-8-12/h2-6,9,12H,7-8,10H2,1H3,(H,20,24). The number of benzene rings is 1. The van der Waals surface area contributed by atoms with Gasteiger partial charge in [0.1, 0.15) is 5.69 Å². The number of amides is 1. The van der Waals surface area contributed by atoms with E-state index in [0.717, 1.165) is 18.4 Å². The Balaban J connectivity index is 1.51. The molecule has 0 aliphatic heterocycles. The second-order valence-electron chi connectivity index (χ2n) is 6.21. The summed E-state index contributed by atoms with van der Waals surface area (Å²) in [4.78, 5) is 17.0. The van der Waals surface area contributed by atoms with Gasteiger partial charge < -0.3 is 14.4 Å². The van der Waals surface area contributed by atoms with Crippen molar-refractivity contribution in [2.45, 2.75) is 32.2 Å². The van der Waals surface area contributed by atoms with Gasteiger partial charge in [-0.05, 0) is 49.6 Å². The van der Waals surface area contributed by atoms with Crippen LogP contribution in [-0.4, -0.2) is 20.6 Å². The Morgan fingerprint density at radius 2 is 2.20 bits per heavy atom. The van der Waals surface area contributed by atoms with E-state index in [4.69, 9.17) is 16.1 Å². The highest BCUT2D eigenvalue weighted by Gasteiger charge is 2.29. The van der Waals surface area contributed by atoms with Gasteiger partial charge in [0.05, 0.1) is 6.54 Å². The number of rotatable bonds is 5. The van der Waals surface area contributed by atoms with E-state index in [1.807, 2.05) is 31.3 Å². The van der Waals surface area contributed by atoms with Crippen molar-refractivity contribution in [3.8, 4) is 0 Å². The minimum atomic E-state index is -0.207. The molecule has 1 aliphatic carbocycles. The normalized spacial score (nSPS) is 13.8. The van der Waals surface area contributed by atoms with Gasteiger partial charge in [-0.2, -0.15) is 4.98 Å². The van der Waals surface area contributed by atoms with Crippen LogP contribution >= 0.6 is 11.6 Å². The topological polar surface area (TPSA) is 73.0 Å². The van der Waals surface area contributed by atoms with Crippen molar-refractivity contribution in [3.05, 3.63) is 64.5 Å². The van der Waals surface area contributed by atoms with Crippen LogP contribution in [0.2, 0.25) is 5.02 Å². The van der Waals surface area contributed by atoms with Gasteiger partial charge in [-0.25, -0.2) is 0 Å². The van der Waals surface area contributed by atoms with Gasteiger partial charge in [-0.15, -0.1) is 0 Å². The van der Waals surface area contributed by atoms with E-state index in [1.54, 1.807) is 16.7 Å². The molecule has 7 heteroatoms. The van der Waals surface area contributed by atoms with Crippen LogP contribution < -0.4 is 5.32 Å². The molecule has 4 rings (SSSR count). The fraction of sp³-hybridized carbons (Fsp3) is 0.278. The molecule has 3 aromatic rings. The van der Waals surface area contributed by atoms with Crippen LogP contribution in [0, 0.1) is 6.92 Å². The van der Waals surface area contributed by atoms with Gasteiger partial charge in [-0.3, -0.25) is 4.79 Å². The Kier molecular flexibility index (Phi) is 4.05. The molecule has 1 amide bonds. The smallest absolute Gasteiger partial charge is 0.272 e. The summed E-state index contributed by atoms with van der Waals surface area (Å²) in [6, 6.07) is 9.01. The van der Waals surface area contributed by atoms with Gasteiger partial charge in [-0.1, -0.05) is 22.8 Å². The number of hydrogen-bond acceptors (Lipinski definition) is 4. The molecule has 0 bridgehead atoms. The lowest BCUT2D eigenvalue weighted by molar-refractivity contribution is 0.101. The van der Waals surface area contributed by atoms with Crippen LogP contribution in [0.1, 0.15) is 46.5 Å². The lowest BCUT2D eigenvalue weighted by Gasteiger charge is -2.11. The van der Waals surface area contributed by atoms with Gasteiger partial charge in [0, 0.05) is 22.8 Å². The third-order valence-electron chi connectivity index (χ3n) is 4.30. The molecule has 0 saturated heterocycles. The van der Waals surface area contributed by atoms with Crippen LogP contribution in [0.15, 0.2) is 41.1 Å². The van der Waals surface area contributed by atoms with E-state index in [1.165, 1.54) is 0 Å². The zero-order valence-corrected chi connectivity index (χ0v) is 14.5. The third kappa shape index (κ3) is 3.30. The van der Waals surface area contributed by atoms with Crippen molar-refractivity contribution < 1.29 is 9.32 Å². The van der Waals surface area contributed by atoms with E-state index >= 15 is 0 Å². The van der Waals surface area contributed by atoms with Crippen LogP contribution in [-0.2, 0) is 6.54 Å². The number of carbonyl (C=O) groups excluding carboxylic acids is 1. The number of hydrogen-bond donors (Lipinski definition) is 1. The summed E-state index contributed by atoms with van der Waals surface area (Å²) in [7, 11) is 0. The van der Waals surface area contributed by atoms with Crippen LogP contribution in [0.3, 0.4) is 0 Å². The largest absolute Gasteiger partial charge is 0.339 e. The van der Waals surface area contributed by atoms with Gasteiger partial charge >= 0.3 is 0 Å². The summed E-state index contributed by atoms with van der Waals surface area (Å²) < 4.78 is 7.07. The van der Waals surface area contributed by atoms with Gasteiger partial charge in [0.2, 0.25) is 5.89 Å². The van der Waals surface area contributed by atoms with Crippen molar-refractivity contribution in [2.75, 3.05) is 5.32 Å². The molecule has 1 aromatic carbocycles. The highest BCUT2D eigenvalue weighted by atomic mass is 35.5. The minimum absolute atomic E-state index is 0.207. The number of carbonyl (C=O) groups is 1. The lowest BCUT2D eigenvalue weighted by Crippen LogP contribution is -2.18. The predicted octanol–water partition coefficient (Wildman–Crippen LogP) is 4.01. The SMILES string of the molecule is Cc1c(Cl)cccc1NC(=O)c1cccn1Cc1noc(C2CC2)n1. The van der Waals surface area contributed by atoms with E-state index in [2.05, 4.69) is 15.5 Å². The summed E-state index contributed by atoms with van der Waals surface area (Å²) in [6.45, 7) is 2.26. The molecule has 1 fully saturated rings. The Morgan fingerprint density at radius 1 is 1.36 bits per heavy atom. The van der Waals surface area contributed by atoms with E-state index in [0.29, 0.717) is 40.6 Å². The van der Waals surface area contributed by atoms with E-state index < -0.39 is 0 Å². The Labute approximate surface area is 149 Å². The first-order valence-corrected chi connectivity index (χ1v) is 8.53. The summed E-state index contributed by atoms with van der Waals surface area (Å²) in [6.07, 6.45) is 4.04. The van der Waals surface area contributed by atoms with Crippen molar-refractivity contribution in [1.82, 2.24) is 14.7 Å². The highest BCUT2D eigenvalue weighted by molar-refractivity contribution is 6.31. The molecule has 0 spiro atoms. The molecular weight excluding hydrogens is 340 g/mol. The third-order valence-corrected chi connectivity index (χ3v) is 4.71. The maximum absolute atomic E-state index is 12.6. The first kappa shape index (κ1) is 15.9. The summed E-state index contributed by atoms with van der Waals surface area (Å²) in [5, 5.41) is 7.53. The second-order valence-corrected chi connectivity index (χ2v) is 6.62. The van der Waals surface area contributed by atoms with E-state index in [9.17, 15) is 4.79 Å². The average molecular weight is 357 g/mol. The Bertz CT molecular complexity index is 927. The summed E-state index contributed by atoms with van der Waals surface area (Å²) in [5.41, 5.74) is 2.06. The van der Waals surface area contributed by atoms with E-state index in [-0.39, 0.29) is 5.91 Å². The molecule has 1 N–H and O–H groups in total. The molecular formula is C18H17ClN4O2. The molecule has 1 aliphatic rings. The molecule has 2 heterocycles.